The van der Waals surface area contributed by atoms with E-state index in [1.165, 1.54) is 11.8 Å². The first-order valence-electron chi connectivity index (χ1n) is 6.55. The Morgan fingerprint density at radius 3 is 2.45 bits per heavy atom. The Hall–Kier alpha value is -1.66. The van der Waals surface area contributed by atoms with E-state index in [0.29, 0.717) is 5.69 Å². The van der Waals surface area contributed by atoms with E-state index in [-0.39, 0.29) is 10.9 Å². The largest absolute Gasteiger partial charge is 0.281 e. The molecule has 1 aromatic heterocycles. The zero-order valence-electron chi connectivity index (χ0n) is 11.8. The minimum atomic E-state index is -3.55. The molecular weight excluding hydrogens is 274 g/mol. The van der Waals surface area contributed by atoms with Crippen LogP contribution >= 0.6 is 0 Å². The average Bonchev–Trinajstić information content (AvgIpc) is 2.85. The fourth-order valence-electron chi connectivity index (χ4n) is 2.02. The SMILES string of the molecule is CCc1ccc(C(C)NS(=O)(=O)c2cn[nH]c2C)cc1. The molecular formula is C14H19N3O2S. The van der Waals surface area contributed by atoms with Crippen molar-refractivity contribution in [3.8, 4) is 0 Å². The summed E-state index contributed by atoms with van der Waals surface area (Å²) < 4.78 is 27.2. The van der Waals surface area contributed by atoms with Crippen molar-refractivity contribution in [1.29, 1.82) is 0 Å². The van der Waals surface area contributed by atoms with Crippen LogP contribution in [0.4, 0.5) is 0 Å². The van der Waals surface area contributed by atoms with E-state index < -0.39 is 10.0 Å². The van der Waals surface area contributed by atoms with Gasteiger partial charge >= 0.3 is 0 Å². The number of hydrogen-bond acceptors (Lipinski definition) is 3. The normalized spacial score (nSPS) is 13.3. The molecule has 0 bridgehead atoms. The predicted molar refractivity (Wildman–Crippen MR) is 77.9 cm³/mol. The quantitative estimate of drug-likeness (QED) is 0.888. The lowest BCUT2D eigenvalue weighted by molar-refractivity contribution is 0.566. The zero-order valence-corrected chi connectivity index (χ0v) is 12.7. The first-order chi connectivity index (χ1) is 9.44. The van der Waals surface area contributed by atoms with Crippen LogP contribution in [-0.4, -0.2) is 18.6 Å². The molecule has 0 saturated heterocycles. The van der Waals surface area contributed by atoms with Crippen LogP contribution in [0, 0.1) is 6.92 Å². The Morgan fingerprint density at radius 2 is 1.95 bits per heavy atom. The average molecular weight is 293 g/mol. The molecule has 1 aromatic carbocycles. The maximum absolute atomic E-state index is 12.2. The minimum absolute atomic E-state index is 0.189. The molecule has 2 N–H and O–H groups in total. The third kappa shape index (κ3) is 3.08. The molecule has 2 aromatic rings. The number of aryl methyl sites for hydroxylation is 2. The lowest BCUT2D eigenvalue weighted by Gasteiger charge is -2.14. The van der Waals surface area contributed by atoms with Gasteiger partial charge < -0.3 is 0 Å². The van der Waals surface area contributed by atoms with Crippen molar-refractivity contribution >= 4 is 10.0 Å². The predicted octanol–water partition coefficient (Wildman–Crippen LogP) is 2.32. The fraction of sp³-hybridized carbons (Fsp3) is 0.357. The molecule has 108 valence electrons. The molecule has 5 nitrogen and oxygen atoms in total. The van der Waals surface area contributed by atoms with Crippen LogP contribution in [0.15, 0.2) is 35.4 Å². The molecule has 0 amide bonds. The van der Waals surface area contributed by atoms with Crippen LogP contribution in [0.1, 0.15) is 36.7 Å². The van der Waals surface area contributed by atoms with E-state index in [9.17, 15) is 8.42 Å². The number of nitrogens with zero attached hydrogens (tertiary/aromatic N) is 1. The van der Waals surface area contributed by atoms with Crippen LogP contribution in [0.25, 0.3) is 0 Å². The van der Waals surface area contributed by atoms with Crippen molar-refractivity contribution in [2.24, 2.45) is 0 Å². The number of sulfonamides is 1. The van der Waals surface area contributed by atoms with Gasteiger partial charge in [0.05, 0.1) is 11.9 Å². The summed E-state index contributed by atoms with van der Waals surface area (Å²) in [5.74, 6) is 0. The minimum Gasteiger partial charge on any atom is -0.281 e. The number of hydrogen-bond donors (Lipinski definition) is 2. The molecule has 6 heteroatoms. The van der Waals surface area contributed by atoms with Crippen LogP contribution in [0.5, 0.6) is 0 Å². The molecule has 0 aliphatic heterocycles. The second-order valence-corrected chi connectivity index (χ2v) is 6.48. The summed E-state index contributed by atoms with van der Waals surface area (Å²) in [5.41, 5.74) is 2.70. The lowest BCUT2D eigenvalue weighted by atomic mass is 10.1. The fourth-order valence-corrected chi connectivity index (χ4v) is 3.39. The molecule has 0 aliphatic rings. The van der Waals surface area contributed by atoms with Gasteiger partial charge in [-0.2, -0.15) is 5.10 Å². The highest BCUT2D eigenvalue weighted by Gasteiger charge is 2.21. The summed E-state index contributed by atoms with van der Waals surface area (Å²) in [7, 11) is -3.55. The van der Waals surface area contributed by atoms with Gasteiger partial charge in [0, 0.05) is 6.04 Å². The highest BCUT2D eigenvalue weighted by atomic mass is 32.2. The molecule has 0 fully saturated rings. The molecule has 0 radical (unpaired) electrons. The van der Waals surface area contributed by atoms with Gasteiger partial charge in [0.25, 0.3) is 0 Å². The molecule has 0 spiro atoms. The van der Waals surface area contributed by atoms with E-state index in [4.69, 9.17) is 0 Å². The second kappa shape index (κ2) is 5.76. The Kier molecular flexibility index (Phi) is 4.25. The molecule has 20 heavy (non-hydrogen) atoms. The van der Waals surface area contributed by atoms with Gasteiger partial charge in [-0.25, -0.2) is 13.1 Å². The molecule has 2 rings (SSSR count). The number of rotatable bonds is 5. The van der Waals surface area contributed by atoms with Gasteiger partial charge in [0.2, 0.25) is 10.0 Å². The number of H-pyrrole nitrogens is 1. The van der Waals surface area contributed by atoms with Crippen molar-refractivity contribution in [1.82, 2.24) is 14.9 Å². The highest BCUT2D eigenvalue weighted by Crippen LogP contribution is 2.18. The van der Waals surface area contributed by atoms with Crippen molar-refractivity contribution in [3.05, 3.63) is 47.3 Å². The third-order valence-corrected chi connectivity index (χ3v) is 4.95. The Balaban J connectivity index is 2.18. The summed E-state index contributed by atoms with van der Waals surface area (Å²) in [6.07, 6.45) is 2.29. The molecule has 0 saturated carbocycles. The second-order valence-electron chi connectivity index (χ2n) is 4.80. The van der Waals surface area contributed by atoms with Crippen molar-refractivity contribution in [2.45, 2.75) is 38.1 Å². The summed E-state index contributed by atoms with van der Waals surface area (Å²) >= 11 is 0. The van der Waals surface area contributed by atoms with E-state index in [1.807, 2.05) is 31.2 Å². The van der Waals surface area contributed by atoms with E-state index >= 15 is 0 Å². The Labute approximate surface area is 119 Å². The van der Waals surface area contributed by atoms with E-state index in [2.05, 4.69) is 21.8 Å². The molecule has 1 unspecified atom stereocenters. The Morgan fingerprint density at radius 1 is 1.30 bits per heavy atom. The smallest absolute Gasteiger partial charge is 0.244 e. The third-order valence-electron chi connectivity index (χ3n) is 3.29. The standard InChI is InChI=1S/C14H19N3O2S/c1-4-12-5-7-13(8-6-12)10(2)17-20(18,19)14-9-15-16-11(14)3/h5-10,17H,4H2,1-3H3,(H,15,16). The Bertz CT molecular complexity index is 675. The maximum atomic E-state index is 12.2. The van der Waals surface area contributed by atoms with Crippen molar-refractivity contribution < 1.29 is 8.42 Å². The van der Waals surface area contributed by atoms with Gasteiger partial charge in [0.1, 0.15) is 4.90 Å². The summed E-state index contributed by atoms with van der Waals surface area (Å²) in [4.78, 5) is 0.189. The van der Waals surface area contributed by atoms with Crippen molar-refractivity contribution in [3.63, 3.8) is 0 Å². The van der Waals surface area contributed by atoms with Crippen LogP contribution in [-0.2, 0) is 16.4 Å². The van der Waals surface area contributed by atoms with Gasteiger partial charge in [-0.05, 0) is 31.4 Å². The summed E-state index contributed by atoms with van der Waals surface area (Å²) in [6.45, 7) is 5.60. The number of aromatic amines is 1. The van der Waals surface area contributed by atoms with E-state index in [1.54, 1.807) is 6.92 Å². The molecule has 1 heterocycles. The van der Waals surface area contributed by atoms with Gasteiger partial charge in [-0.1, -0.05) is 31.2 Å². The number of aromatic nitrogens is 2. The summed E-state index contributed by atoms with van der Waals surface area (Å²) in [6, 6.07) is 7.65. The lowest BCUT2D eigenvalue weighted by Crippen LogP contribution is -2.27. The topological polar surface area (TPSA) is 74.8 Å². The monoisotopic (exact) mass is 293 g/mol. The van der Waals surface area contributed by atoms with Crippen LogP contribution < -0.4 is 4.72 Å². The van der Waals surface area contributed by atoms with Crippen LogP contribution in [0.3, 0.4) is 0 Å². The summed E-state index contributed by atoms with van der Waals surface area (Å²) in [5, 5.41) is 6.38. The molecule has 0 aliphatic carbocycles. The van der Waals surface area contributed by atoms with Gasteiger partial charge in [-0.15, -0.1) is 0 Å². The first kappa shape index (κ1) is 14.7. The van der Waals surface area contributed by atoms with Crippen LogP contribution in [0.2, 0.25) is 0 Å². The maximum Gasteiger partial charge on any atom is 0.244 e. The first-order valence-corrected chi connectivity index (χ1v) is 8.03. The highest BCUT2D eigenvalue weighted by molar-refractivity contribution is 7.89. The van der Waals surface area contributed by atoms with E-state index in [0.717, 1.165) is 12.0 Å². The van der Waals surface area contributed by atoms with Crippen molar-refractivity contribution in [2.75, 3.05) is 0 Å². The zero-order chi connectivity index (χ0) is 14.8. The van der Waals surface area contributed by atoms with Gasteiger partial charge in [-0.3, -0.25) is 5.10 Å². The van der Waals surface area contributed by atoms with Gasteiger partial charge in [0.15, 0.2) is 0 Å². The number of nitrogens with one attached hydrogen (secondary N) is 2. The molecule has 1 atom stereocenters. The number of benzene rings is 1.